The number of likely N-dealkylation sites (tertiary alicyclic amines) is 1. The summed E-state index contributed by atoms with van der Waals surface area (Å²) in [6.07, 6.45) is 1.59. The molecule has 0 aromatic carbocycles. The van der Waals surface area contributed by atoms with Crippen molar-refractivity contribution in [1.82, 2.24) is 15.5 Å². The molecule has 3 N–H and O–H groups in total. The van der Waals surface area contributed by atoms with E-state index in [1.165, 1.54) is 0 Å². The predicted molar refractivity (Wildman–Crippen MR) is 80.3 cm³/mol. The van der Waals surface area contributed by atoms with E-state index in [-0.39, 0.29) is 30.4 Å². The molecule has 0 spiro atoms. The Hall–Kier alpha value is -1.79. The predicted octanol–water partition coefficient (Wildman–Crippen LogP) is 0.796. The molecule has 0 saturated carbocycles. The fraction of sp³-hybridized carbons (Fsp3) is 0.800. The largest absolute Gasteiger partial charge is 0.481 e. The Labute approximate surface area is 130 Å². The summed E-state index contributed by atoms with van der Waals surface area (Å²) in [6.45, 7) is 6.53. The number of urea groups is 1. The van der Waals surface area contributed by atoms with Crippen LogP contribution in [0.5, 0.6) is 0 Å². The Morgan fingerprint density at radius 1 is 1.36 bits per heavy atom. The summed E-state index contributed by atoms with van der Waals surface area (Å²) < 4.78 is 0. The molecule has 2 saturated heterocycles. The molecule has 2 heterocycles. The first-order chi connectivity index (χ1) is 10.2. The summed E-state index contributed by atoms with van der Waals surface area (Å²) in [7, 11) is 0. The molecule has 3 amide bonds. The number of nitrogens with zero attached hydrogens (tertiary/aromatic N) is 1. The van der Waals surface area contributed by atoms with Gasteiger partial charge in [0.05, 0.1) is 17.5 Å². The zero-order valence-corrected chi connectivity index (χ0v) is 13.4. The van der Waals surface area contributed by atoms with Gasteiger partial charge < -0.3 is 20.6 Å². The highest BCUT2D eigenvalue weighted by atomic mass is 16.4. The molecule has 22 heavy (non-hydrogen) atoms. The van der Waals surface area contributed by atoms with Crippen molar-refractivity contribution >= 4 is 17.9 Å². The van der Waals surface area contributed by atoms with Gasteiger partial charge in [-0.3, -0.25) is 9.59 Å². The third-order valence-corrected chi connectivity index (χ3v) is 4.59. The molecule has 124 valence electrons. The summed E-state index contributed by atoms with van der Waals surface area (Å²) in [5.74, 6) is -1.20. The van der Waals surface area contributed by atoms with Crippen LogP contribution in [0.1, 0.15) is 40.0 Å². The van der Waals surface area contributed by atoms with Gasteiger partial charge in [-0.05, 0) is 32.6 Å². The number of carbonyl (C=O) groups excluding carboxylic acids is 2. The third-order valence-electron chi connectivity index (χ3n) is 4.59. The lowest BCUT2D eigenvalue weighted by molar-refractivity contribution is -0.143. The maximum absolute atomic E-state index is 12.5. The summed E-state index contributed by atoms with van der Waals surface area (Å²) in [5.41, 5.74) is -0.501. The zero-order valence-electron chi connectivity index (χ0n) is 13.4. The van der Waals surface area contributed by atoms with Crippen molar-refractivity contribution in [2.45, 2.75) is 51.6 Å². The van der Waals surface area contributed by atoms with E-state index >= 15 is 0 Å². The normalized spacial score (nSPS) is 31.3. The number of nitrogens with one attached hydrogen (secondary N) is 2. The first kappa shape index (κ1) is 16.6. The summed E-state index contributed by atoms with van der Waals surface area (Å²) in [5, 5.41) is 15.0. The fourth-order valence-electron chi connectivity index (χ4n) is 3.33. The summed E-state index contributed by atoms with van der Waals surface area (Å²) in [4.78, 5) is 36.7. The maximum Gasteiger partial charge on any atom is 0.317 e. The molecule has 3 unspecified atom stereocenters. The monoisotopic (exact) mass is 311 g/mol. The van der Waals surface area contributed by atoms with Gasteiger partial charge in [-0.25, -0.2) is 4.79 Å². The van der Waals surface area contributed by atoms with Crippen molar-refractivity contribution in [3.63, 3.8) is 0 Å². The quantitative estimate of drug-likeness (QED) is 0.702. The van der Waals surface area contributed by atoms with Crippen LogP contribution in [0, 0.1) is 11.8 Å². The van der Waals surface area contributed by atoms with Crippen LogP contribution in [0.2, 0.25) is 0 Å². The van der Waals surface area contributed by atoms with Gasteiger partial charge in [-0.2, -0.15) is 0 Å². The number of amides is 3. The Kier molecular flexibility index (Phi) is 4.63. The van der Waals surface area contributed by atoms with Gasteiger partial charge >= 0.3 is 12.0 Å². The fourth-order valence-corrected chi connectivity index (χ4v) is 3.33. The van der Waals surface area contributed by atoms with E-state index in [2.05, 4.69) is 10.6 Å². The Morgan fingerprint density at radius 2 is 2.05 bits per heavy atom. The molecule has 2 aliphatic rings. The van der Waals surface area contributed by atoms with Crippen molar-refractivity contribution in [2.24, 2.45) is 11.8 Å². The second-order valence-corrected chi connectivity index (χ2v) is 7.09. The lowest BCUT2D eigenvalue weighted by Crippen LogP contribution is -2.64. The molecular formula is C15H25N3O4. The lowest BCUT2D eigenvalue weighted by Gasteiger charge is -2.41. The number of carboxylic acid groups (broad SMARTS) is 1. The minimum atomic E-state index is -0.852. The topological polar surface area (TPSA) is 98.7 Å². The van der Waals surface area contributed by atoms with Gasteiger partial charge in [0.2, 0.25) is 5.91 Å². The third kappa shape index (κ3) is 3.69. The Balaban J connectivity index is 1.99. The number of aliphatic carboxylic acids is 1. The first-order valence-corrected chi connectivity index (χ1v) is 7.78. The van der Waals surface area contributed by atoms with Gasteiger partial charge in [0, 0.05) is 19.5 Å². The van der Waals surface area contributed by atoms with Crippen LogP contribution in [0.25, 0.3) is 0 Å². The van der Waals surface area contributed by atoms with E-state index in [0.29, 0.717) is 25.8 Å². The lowest BCUT2D eigenvalue weighted by atomic mass is 9.87. The Bertz CT molecular complexity index is 477. The van der Waals surface area contributed by atoms with E-state index in [1.807, 2.05) is 20.8 Å². The molecule has 0 bridgehead atoms. The van der Waals surface area contributed by atoms with Gasteiger partial charge in [0.15, 0.2) is 0 Å². The molecule has 2 aliphatic heterocycles. The van der Waals surface area contributed by atoms with Crippen molar-refractivity contribution in [3.8, 4) is 0 Å². The van der Waals surface area contributed by atoms with Crippen LogP contribution in [-0.2, 0) is 9.59 Å². The van der Waals surface area contributed by atoms with E-state index in [0.717, 1.165) is 0 Å². The highest BCUT2D eigenvalue weighted by Gasteiger charge is 2.38. The van der Waals surface area contributed by atoms with Crippen LogP contribution in [0.3, 0.4) is 0 Å². The van der Waals surface area contributed by atoms with Gasteiger partial charge in [0.1, 0.15) is 0 Å². The second kappa shape index (κ2) is 6.14. The maximum atomic E-state index is 12.5. The van der Waals surface area contributed by atoms with Gasteiger partial charge in [-0.1, -0.05) is 6.92 Å². The molecule has 7 heteroatoms. The van der Waals surface area contributed by atoms with E-state index in [4.69, 9.17) is 0 Å². The number of hydrogen-bond donors (Lipinski definition) is 3. The number of rotatable bonds is 2. The molecule has 0 aromatic heterocycles. The first-order valence-electron chi connectivity index (χ1n) is 7.78. The average Bonchev–Trinajstić information content (AvgIpc) is 2.40. The molecule has 0 aromatic rings. The smallest absolute Gasteiger partial charge is 0.317 e. The Morgan fingerprint density at radius 3 is 2.64 bits per heavy atom. The van der Waals surface area contributed by atoms with E-state index in [1.54, 1.807) is 4.90 Å². The summed E-state index contributed by atoms with van der Waals surface area (Å²) in [6, 6.07) is -0.398. The van der Waals surface area contributed by atoms with Crippen LogP contribution < -0.4 is 10.6 Å². The van der Waals surface area contributed by atoms with Crippen LogP contribution in [0.4, 0.5) is 4.79 Å². The SMILES string of the molecule is CC1CC(C(=O)O)CN(C(=O)NC2CCC(=O)NC2(C)C)C1. The average molecular weight is 311 g/mol. The van der Waals surface area contributed by atoms with Gasteiger partial charge in [-0.15, -0.1) is 0 Å². The molecule has 2 rings (SSSR count). The molecule has 2 fully saturated rings. The number of carboxylic acids is 1. The molecule has 3 atom stereocenters. The number of carbonyl (C=O) groups is 3. The molecule has 0 radical (unpaired) electrons. The molecule has 0 aliphatic carbocycles. The number of hydrogen-bond acceptors (Lipinski definition) is 3. The summed E-state index contributed by atoms with van der Waals surface area (Å²) >= 11 is 0. The molecular weight excluding hydrogens is 286 g/mol. The van der Waals surface area contributed by atoms with Crippen molar-refractivity contribution in [2.75, 3.05) is 13.1 Å². The minimum absolute atomic E-state index is 0.00645. The highest BCUT2D eigenvalue weighted by molar-refractivity contribution is 5.80. The second-order valence-electron chi connectivity index (χ2n) is 7.09. The van der Waals surface area contributed by atoms with E-state index in [9.17, 15) is 19.5 Å². The van der Waals surface area contributed by atoms with Crippen LogP contribution in [0.15, 0.2) is 0 Å². The standard InChI is InChI=1S/C15H25N3O4/c1-9-6-10(13(20)21)8-18(7-9)14(22)16-11-4-5-12(19)17-15(11,2)3/h9-11H,4-8H2,1-3H3,(H,16,22)(H,17,19)(H,20,21). The van der Waals surface area contributed by atoms with Crippen molar-refractivity contribution < 1.29 is 19.5 Å². The van der Waals surface area contributed by atoms with Crippen LogP contribution in [-0.4, -0.2) is 52.6 Å². The zero-order chi connectivity index (χ0) is 16.5. The minimum Gasteiger partial charge on any atom is -0.481 e. The van der Waals surface area contributed by atoms with Gasteiger partial charge in [0.25, 0.3) is 0 Å². The highest BCUT2D eigenvalue weighted by Crippen LogP contribution is 2.23. The molecule has 7 nitrogen and oxygen atoms in total. The number of piperidine rings is 2. The van der Waals surface area contributed by atoms with Crippen molar-refractivity contribution in [1.29, 1.82) is 0 Å². The van der Waals surface area contributed by atoms with E-state index < -0.39 is 17.4 Å². The van der Waals surface area contributed by atoms with Crippen molar-refractivity contribution in [3.05, 3.63) is 0 Å². The van der Waals surface area contributed by atoms with Crippen LogP contribution >= 0.6 is 0 Å².